The van der Waals surface area contributed by atoms with Gasteiger partial charge in [-0.1, -0.05) is 0 Å². The van der Waals surface area contributed by atoms with E-state index < -0.39 is 57.3 Å². The number of aromatic nitrogens is 6. The molecule has 0 bridgehead atoms. The Bertz CT molecular complexity index is 1910. The second-order valence-electron chi connectivity index (χ2n) is 7.49. The number of alkyl halides is 6. The highest BCUT2D eigenvalue weighted by Crippen LogP contribution is 2.42. The minimum absolute atomic E-state index is 0.175. The third-order valence-corrected chi connectivity index (χ3v) is 5.30. The largest absolute Gasteiger partial charge is 0.417 e. The van der Waals surface area contributed by atoms with Crippen LogP contribution < -0.4 is 0 Å². The summed E-state index contributed by atoms with van der Waals surface area (Å²) in [4.78, 5) is 24.1. The van der Waals surface area contributed by atoms with Crippen LogP contribution in [0.25, 0.3) is 44.1 Å². The van der Waals surface area contributed by atoms with E-state index in [0.29, 0.717) is 0 Å². The predicted molar refractivity (Wildman–Crippen MR) is 112 cm³/mol. The van der Waals surface area contributed by atoms with E-state index in [0.717, 1.165) is 0 Å². The van der Waals surface area contributed by atoms with Crippen molar-refractivity contribution in [3.63, 3.8) is 0 Å². The normalized spacial score (nSPS) is 11.8. The molecule has 5 rings (SSSR count). The molecule has 0 aliphatic carbocycles. The lowest BCUT2D eigenvalue weighted by molar-refractivity contribution is -0.161. The van der Waals surface area contributed by atoms with Crippen LogP contribution in [0.2, 0.25) is 0 Å². The molecule has 0 aliphatic heterocycles. The number of hydrogen-bond donors (Lipinski definition) is 0. The van der Waals surface area contributed by atoms with Crippen molar-refractivity contribution in [3.05, 3.63) is 46.0 Å². The van der Waals surface area contributed by atoms with E-state index in [1.54, 1.807) is 24.3 Å². The molecular formula is C22H2F6N10. The van der Waals surface area contributed by atoms with E-state index in [2.05, 4.69) is 29.9 Å². The first-order valence-corrected chi connectivity index (χ1v) is 9.87. The van der Waals surface area contributed by atoms with Crippen LogP contribution in [0.4, 0.5) is 26.3 Å². The summed E-state index contributed by atoms with van der Waals surface area (Å²) in [6.07, 6.45) is -10.8. The standard InChI is InChI=1S/C22H2F6N10/c23-21(24,25)7-1-9-10(2-8(7)22(26,27)28)34-16-15(33-9)17-19(37-13(5-31)11(3-29)35-17)20-18(16)36-12(4-30)14(6-32)38-20/h1-2H. The maximum Gasteiger partial charge on any atom is 0.417 e. The maximum atomic E-state index is 13.5. The zero-order valence-corrected chi connectivity index (χ0v) is 17.9. The molecule has 0 atom stereocenters. The van der Waals surface area contributed by atoms with Crippen molar-refractivity contribution in [2.75, 3.05) is 0 Å². The molecule has 2 aromatic carbocycles. The van der Waals surface area contributed by atoms with Gasteiger partial charge < -0.3 is 0 Å². The molecule has 182 valence electrons. The molecule has 3 aromatic heterocycles. The molecule has 38 heavy (non-hydrogen) atoms. The highest BCUT2D eigenvalue weighted by atomic mass is 19.4. The van der Waals surface area contributed by atoms with Crippen LogP contribution in [0, 0.1) is 45.3 Å². The first kappa shape index (κ1) is 24.0. The van der Waals surface area contributed by atoms with Crippen LogP contribution in [0.5, 0.6) is 0 Å². The summed E-state index contributed by atoms with van der Waals surface area (Å²) in [6, 6.07) is 6.91. The van der Waals surface area contributed by atoms with Gasteiger partial charge in [0, 0.05) is 0 Å². The van der Waals surface area contributed by atoms with E-state index in [4.69, 9.17) is 0 Å². The van der Waals surface area contributed by atoms with E-state index in [-0.39, 0.29) is 45.2 Å². The first-order valence-electron chi connectivity index (χ1n) is 9.87. The quantitative estimate of drug-likeness (QED) is 0.164. The van der Waals surface area contributed by atoms with Gasteiger partial charge in [0.2, 0.25) is 0 Å². The molecule has 0 N–H and O–H groups in total. The number of halogens is 6. The van der Waals surface area contributed by atoms with Gasteiger partial charge in [-0.05, 0) is 12.1 Å². The fourth-order valence-corrected chi connectivity index (χ4v) is 3.75. The van der Waals surface area contributed by atoms with Gasteiger partial charge in [-0.2, -0.15) is 47.4 Å². The van der Waals surface area contributed by atoms with Crippen molar-refractivity contribution in [1.29, 1.82) is 21.0 Å². The molecule has 16 heteroatoms. The molecule has 0 radical (unpaired) electrons. The average Bonchev–Trinajstić information content (AvgIpc) is 2.88. The van der Waals surface area contributed by atoms with Gasteiger partial charge >= 0.3 is 12.4 Å². The zero-order chi connectivity index (χ0) is 27.6. The molecule has 0 unspecified atom stereocenters. The van der Waals surface area contributed by atoms with E-state index in [9.17, 15) is 47.4 Å². The predicted octanol–water partition coefficient (Wildman–Crippen LogP) is 4.19. The van der Waals surface area contributed by atoms with Crippen molar-refractivity contribution in [2.45, 2.75) is 12.4 Å². The summed E-state index contributed by atoms with van der Waals surface area (Å²) in [6.45, 7) is 0. The Kier molecular flexibility index (Phi) is 4.97. The SMILES string of the molecule is N#Cc1nc2c3nc(C#N)c(C#N)nc3c3nc4cc(C(F)(F)F)c(C(F)(F)F)cc4nc3c2nc1C#N. The van der Waals surface area contributed by atoms with Gasteiger partial charge in [-0.25, -0.2) is 29.9 Å². The monoisotopic (exact) mass is 520 g/mol. The molecule has 10 nitrogen and oxygen atoms in total. The van der Waals surface area contributed by atoms with Crippen LogP contribution in [0.3, 0.4) is 0 Å². The molecular weight excluding hydrogens is 518 g/mol. The minimum Gasteiger partial charge on any atom is -0.242 e. The average molecular weight is 520 g/mol. The van der Waals surface area contributed by atoms with Crippen molar-refractivity contribution >= 4 is 44.1 Å². The second-order valence-corrected chi connectivity index (χ2v) is 7.49. The fourth-order valence-electron chi connectivity index (χ4n) is 3.75. The van der Waals surface area contributed by atoms with Gasteiger partial charge in [0.25, 0.3) is 0 Å². The Morgan fingerprint density at radius 1 is 0.447 bits per heavy atom. The number of nitriles is 4. The topological polar surface area (TPSA) is 172 Å². The zero-order valence-electron chi connectivity index (χ0n) is 17.9. The Morgan fingerprint density at radius 2 is 0.684 bits per heavy atom. The Balaban J connectivity index is 2.08. The van der Waals surface area contributed by atoms with E-state index >= 15 is 0 Å². The van der Waals surface area contributed by atoms with Crippen LogP contribution in [-0.4, -0.2) is 29.9 Å². The Labute approximate surface area is 204 Å². The van der Waals surface area contributed by atoms with Gasteiger partial charge in [0.1, 0.15) is 57.4 Å². The van der Waals surface area contributed by atoms with Gasteiger partial charge in [-0.15, -0.1) is 0 Å². The fraction of sp³-hybridized carbons (Fsp3) is 0.0909. The first-order chi connectivity index (χ1) is 17.9. The summed E-state index contributed by atoms with van der Waals surface area (Å²) in [7, 11) is 0. The van der Waals surface area contributed by atoms with Gasteiger partial charge in [0.05, 0.1) is 22.2 Å². The molecule has 0 aliphatic rings. The van der Waals surface area contributed by atoms with Crippen LogP contribution in [-0.2, 0) is 12.4 Å². The molecule has 3 heterocycles. The third kappa shape index (κ3) is 3.48. The molecule has 0 saturated carbocycles. The molecule has 5 aromatic rings. The van der Waals surface area contributed by atoms with Crippen molar-refractivity contribution in [1.82, 2.24) is 29.9 Å². The summed E-state index contributed by atoms with van der Waals surface area (Å²) in [5, 5.41) is 37.5. The lowest BCUT2D eigenvalue weighted by atomic mass is 10.0. The summed E-state index contributed by atoms with van der Waals surface area (Å²) in [5.74, 6) is 0. The number of fused-ring (bicyclic) bond motifs is 7. The summed E-state index contributed by atoms with van der Waals surface area (Å²) < 4.78 is 81.0. The van der Waals surface area contributed by atoms with Crippen LogP contribution in [0.15, 0.2) is 12.1 Å². The smallest absolute Gasteiger partial charge is 0.242 e. The number of hydrogen-bond acceptors (Lipinski definition) is 10. The number of nitrogens with zero attached hydrogens (tertiary/aromatic N) is 10. The number of rotatable bonds is 0. The number of benzene rings is 2. The summed E-state index contributed by atoms with van der Waals surface area (Å²) >= 11 is 0. The Hall–Kier alpha value is -5.74. The van der Waals surface area contributed by atoms with Gasteiger partial charge in [0.15, 0.2) is 22.8 Å². The molecule has 0 spiro atoms. The molecule has 0 amide bonds. The summed E-state index contributed by atoms with van der Waals surface area (Å²) in [5.41, 5.74) is -8.93. The van der Waals surface area contributed by atoms with E-state index in [1.165, 1.54) is 0 Å². The van der Waals surface area contributed by atoms with E-state index in [1.807, 2.05) is 0 Å². The minimum atomic E-state index is -5.39. The third-order valence-electron chi connectivity index (χ3n) is 5.30. The van der Waals surface area contributed by atoms with Crippen molar-refractivity contribution in [2.24, 2.45) is 0 Å². The maximum absolute atomic E-state index is 13.5. The Morgan fingerprint density at radius 3 is 0.895 bits per heavy atom. The highest BCUT2D eigenvalue weighted by molar-refractivity contribution is 6.19. The molecule has 0 fully saturated rings. The second kappa shape index (κ2) is 7.88. The van der Waals surface area contributed by atoms with Crippen molar-refractivity contribution < 1.29 is 26.3 Å². The lowest BCUT2D eigenvalue weighted by Gasteiger charge is -2.16. The molecule has 0 saturated heterocycles. The lowest BCUT2D eigenvalue weighted by Crippen LogP contribution is -2.16. The van der Waals surface area contributed by atoms with Gasteiger partial charge in [-0.3, -0.25) is 0 Å². The van der Waals surface area contributed by atoms with Crippen molar-refractivity contribution in [3.8, 4) is 24.3 Å². The van der Waals surface area contributed by atoms with Crippen LogP contribution in [0.1, 0.15) is 33.9 Å². The van der Waals surface area contributed by atoms with Crippen LogP contribution >= 0.6 is 0 Å². The highest BCUT2D eigenvalue weighted by Gasteiger charge is 2.43.